The average Bonchev–Trinajstić information content (AvgIpc) is 1.99. The Balaban J connectivity index is 2.41. The van der Waals surface area contributed by atoms with Crippen LogP contribution in [0.5, 0.6) is 0 Å². The van der Waals surface area contributed by atoms with Crippen molar-refractivity contribution in [2.45, 2.75) is 19.3 Å². The second kappa shape index (κ2) is 3.37. The van der Waals surface area contributed by atoms with Crippen molar-refractivity contribution in [3.8, 4) is 0 Å². The normalized spacial score (nSPS) is 31.9. The van der Waals surface area contributed by atoms with E-state index in [4.69, 9.17) is 0 Å². The maximum absolute atomic E-state index is 4.03. The lowest BCUT2D eigenvalue weighted by atomic mass is 10.2. The largest absolute Gasteiger partial charge is 0.410 e. The van der Waals surface area contributed by atoms with Gasteiger partial charge in [0.15, 0.2) is 0 Å². The number of hydrogen-bond donors (Lipinski definition) is 0. The molecular formula is C7H14NS-. The molecule has 1 heterocycles. The molecule has 1 atom stereocenters. The van der Waals surface area contributed by atoms with E-state index in [1.54, 1.807) is 0 Å². The van der Waals surface area contributed by atoms with Crippen LogP contribution in [0.25, 0.3) is 0 Å². The first-order valence-electron chi connectivity index (χ1n) is 3.39. The van der Waals surface area contributed by atoms with Gasteiger partial charge in [0.1, 0.15) is 0 Å². The molecule has 1 aliphatic heterocycles. The summed E-state index contributed by atoms with van der Waals surface area (Å²) in [6, 6.07) is 0. The van der Waals surface area contributed by atoms with Crippen LogP contribution < -0.4 is 0 Å². The molecule has 0 N–H and O–H groups in total. The fraction of sp³-hybridized carbons (Fsp3) is 0.714. The van der Waals surface area contributed by atoms with Crippen molar-refractivity contribution < 1.29 is 0 Å². The van der Waals surface area contributed by atoms with Crippen molar-refractivity contribution in [2.24, 2.45) is 0 Å². The Labute approximate surface area is 60.1 Å². The predicted molar refractivity (Wildman–Crippen MR) is 45.5 cm³/mol. The summed E-state index contributed by atoms with van der Waals surface area (Å²) in [6.07, 6.45) is 4.02. The molecule has 1 unspecified atom stereocenters. The first-order valence-corrected chi connectivity index (χ1v) is 4.91. The van der Waals surface area contributed by atoms with Gasteiger partial charge < -0.3 is 4.31 Å². The van der Waals surface area contributed by atoms with Gasteiger partial charge in [-0.3, -0.25) is 7.05 Å². The summed E-state index contributed by atoms with van der Waals surface area (Å²) in [5.74, 6) is 5.28. The third-order valence-corrected chi connectivity index (χ3v) is 3.33. The third-order valence-electron chi connectivity index (χ3n) is 1.65. The smallest absolute Gasteiger partial charge is 0.00120 e. The van der Waals surface area contributed by atoms with Crippen LogP contribution in [0.15, 0.2) is 0 Å². The van der Waals surface area contributed by atoms with E-state index >= 15 is 0 Å². The lowest BCUT2D eigenvalue weighted by Gasteiger charge is -2.25. The van der Waals surface area contributed by atoms with E-state index in [2.05, 4.69) is 17.2 Å². The molecule has 1 rings (SSSR count). The van der Waals surface area contributed by atoms with Crippen LogP contribution in [0.3, 0.4) is 0 Å². The zero-order valence-electron chi connectivity index (χ0n) is 5.81. The molecule has 0 amide bonds. The molecule has 0 aromatic carbocycles. The number of nitrogens with zero attached hydrogens (tertiary/aromatic N) is 1. The molecule has 0 saturated carbocycles. The Morgan fingerprint density at radius 3 is 2.89 bits per heavy atom. The molecule has 1 fully saturated rings. The van der Waals surface area contributed by atoms with Crippen LogP contribution in [0.4, 0.5) is 0 Å². The molecule has 0 radical (unpaired) electrons. The fourth-order valence-corrected chi connectivity index (χ4v) is 2.17. The summed E-state index contributed by atoms with van der Waals surface area (Å²) >= 11 is 0. The van der Waals surface area contributed by atoms with Crippen molar-refractivity contribution in [3.05, 3.63) is 7.05 Å². The van der Waals surface area contributed by atoms with Gasteiger partial charge in [0, 0.05) is 0 Å². The fourth-order valence-electron chi connectivity index (χ4n) is 0.992. The first-order chi connectivity index (χ1) is 4.30. The van der Waals surface area contributed by atoms with E-state index < -0.39 is 0 Å². The van der Waals surface area contributed by atoms with Crippen LogP contribution in [-0.2, 0) is 0 Å². The van der Waals surface area contributed by atoms with Crippen LogP contribution >= 0.6 is 10.7 Å². The Bertz CT molecular complexity index is 111. The number of rotatable bonds is 0. The van der Waals surface area contributed by atoms with Crippen LogP contribution in [0.2, 0.25) is 0 Å². The van der Waals surface area contributed by atoms with Crippen molar-refractivity contribution in [1.29, 1.82) is 0 Å². The second-order valence-electron chi connectivity index (χ2n) is 2.43. The van der Waals surface area contributed by atoms with Gasteiger partial charge >= 0.3 is 0 Å². The predicted octanol–water partition coefficient (Wildman–Crippen LogP) is 1.88. The van der Waals surface area contributed by atoms with E-state index in [1.165, 1.54) is 25.0 Å². The van der Waals surface area contributed by atoms with Gasteiger partial charge in [-0.1, -0.05) is 12.3 Å². The molecule has 0 spiro atoms. The summed E-state index contributed by atoms with van der Waals surface area (Å²) in [5, 5.41) is 0. The standard InChI is InChI=1S/C7H14NS/c1-8-6-4-3-5-7-9(8)2/h1-7H2/q-1. The quantitative estimate of drug-likeness (QED) is 0.370. The van der Waals surface area contributed by atoms with Crippen molar-refractivity contribution in [1.82, 2.24) is 4.31 Å². The van der Waals surface area contributed by atoms with Gasteiger partial charge in [-0.25, -0.2) is 0 Å². The van der Waals surface area contributed by atoms with E-state index in [0.717, 1.165) is 6.54 Å². The third kappa shape index (κ3) is 2.11. The Hall–Kier alpha value is 0.180. The summed E-state index contributed by atoms with van der Waals surface area (Å²) in [6.45, 7) is 1.15. The monoisotopic (exact) mass is 144 g/mol. The van der Waals surface area contributed by atoms with Gasteiger partial charge in [0.2, 0.25) is 0 Å². The molecule has 0 aromatic heterocycles. The molecule has 0 aliphatic carbocycles. The van der Waals surface area contributed by atoms with Gasteiger partial charge in [0.25, 0.3) is 0 Å². The van der Waals surface area contributed by atoms with Crippen molar-refractivity contribution in [2.75, 3.05) is 12.3 Å². The lowest BCUT2D eigenvalue weighted by Crippen LogP contribution is -2.08. The van der Waals surface area contributed by atoms with E-state index in [9.17, 15) is 0 Å². The summed E-state index contributed by atoms with van der Waals surface area (Å²) in [5.41, 5.74) is 0. The highest BCUT2D eigenvalue weighted by Gasteiger charge is 2.00. The minimum absolute atomic E-state index is 0.220. The van der Waals surface area contributed by atoms with E-state index in [1.807, 2.05) is 0 Å². The van der Waals surface area contributed by atoms with Crippen molar-refractivity contribution >= 4 is 16.5 Å². The topological polar surface area (TPSA) is 3.24 Å². The lowest BCUT2D eigenvalue weighted by molar-refractivity contribution is 0.577. The SMILES string of the molecule is C=S1CCCCCN1[CH2-]. The Morgan fingerprint density at radius 1 is 1.33 bits per heavy atom. The van der Waals surface area contributed by atoms with Gasteiger partial charge in [-0.2, -0.15) is 10.7 Å². The van der Waals surface area contributed by atoms with Crippen LogP contribution in [0, 0.1) is 7.05 Å². The first kappa shape index (κ1) is 7.29. The highest BCUT2D eigenvalue weighted by atomic mass is 32.2. The zero-order chi connectivity index (χ0) is 6.69. The number of hydrogen-bond acceptors (Lipinski definition) is 1. The maximum Gasteiger partial charge on any atom is -0.00120 e. The molecule has 1 saturated heterocycles. The molecule has 0 bridgehead atoms. The summed E-state index contributed by atoms with van der Waals surface area (Å²) < 4.78 is 2.13. The Kier molecular flexibility index (Phi) is 2.73. The summed E-state index contributed by atoms with van der Waals surface area (Å²) in [7, 11) is 4.14. The zero-order valence-corrected chi connectivity index (χ0v) is 6.62. The molecule has 1 aliphatic rings. The van der Waals surface area contributed by atoms with Crippen molar-refractivity contribution in [3.63, 3.8) is 0 Å². The highest BCUT2D eigenvalue weighted by molar-refractivity contribution is 8.12. The average molecular weight is 144 g/mol. The highest BCUT2D eigenvalue weighted by Crippen LogP contribution is 2.22. The van der Waals surface area contributed by atoms with E-state index in [-0.39, 0.29) is 10.7 Å². The van der Waals surface area contributed by atoms with Gasteiger partial charge in [0.05, 0.1) is 0 Å². The Morgan fingerprint density at radius 2 is 2.11 bits per heavy atom. The second-order valence-corrected chi connectivity index (χ2v) is 4.28. The molecule has 0 aromatic rings. The van der Waals surface area contributed by atoms with Crippen LogP contribution in [0.1, 0.15) is 19.3 Å². The minimum atomic E-state index is 0.220. The minimum Gasteiger partial charge on any atom is -0.410 e. The molecule has 1 nitrogen and oxygen atoms in total. The van der Waals surface area contributed by atoms with Gasteiger partial charge in [-0.15, -0.1) is 0 Å². The van der Waals surface area contributed by atoms with E-state index in [0.29, 0.717) is 0 Å². The van der Waals surface area contributed by atoms with Gasteiger partial charge in [-0.05, 0) is 25.1 Å². The van der Waals surface area contributed by atoms with Crippen LogP contribution in [-0.4, -0.2) is 22.5 Å². The summed E-state index contributed by atoms with van der Waals surface area (Å²) in [4.78, 5) is 0. The molecule has 54 valence electrons. The molecule has 9 heavy (non-hydrogen) atoms. The maximum atomic E-state index is 4.03. The molecule has 2 heteroatoms. The molecular weight excluding hydrogens is 130 g/mol.